The van der Waals surface area contributed by atoms with Gasteiger partial charge in [-0.15, -0.1) is 0 Å². The van der Waals surface area contributed by atoms with Crippen LogP contribution in [0.4, 0.5) is 0 Å². The largest absolute Gasteiger partial charge is 0.317 e. The Kier molecular flexibility index (Phi) is 3.28. The summed E-state index contributed by atoms with van der Waals surface area (Å²) in [6.45, 7) is 2.31. The second-order valence-corrected chi connectivity index (χ2v) is 2.97. The normalized spacial score (nSPS) is 10.7. The Labute approximate surface area is 86.7 Å². The van der Waals surface area contributed by atoms with E-state index in [0.717, 1.165) is 5.57 Å². The standard InChI is InChI=1S/C9H7ClN4/c1-7(2-10)5-14-6-13-8(3-11)9(14)4-12/h2,6H,5H2,1H3. The maximum Gasteiger partial charge on any atom is 0.176 e. The zero-order valence-corrected chi connectivity index (χ0v) is 8.28. The third-order valence-corrected chi connectivity index (χ3v) is 2.03. The van der Waals surface area contributed by atoms with Crippen molar-refractivity contribution in [2.24, 2.45) is 0 Å². The summed E-state index contributed by atoms with van der Waals surface area (Å²) < 4.78 is 1.59. The number of aromatic nitrogens is 2. The highest BCUT2D eigenvalue weighted by atomic mass is 35.5. The van der Waals surface area contributed by atoms with E-state index in [2.05, 4.69) is 4.98 Å². The second-order valence-electron chi connectivity index (χ2n) is 2.75. The number of nitrogens with zero attached hydrogens (tertiary/aromatic N) is 4. The molecule has 0 radical (unpaired) electrons. The molecule has 5 heteroatoms. The molecule has 4 nitrogen and oxygen atoms in total. The van der Waals surface area contributed by atoms with E-state index in [-0.39, 0.29) is 11.4 Å². The molecule has 0 unspecified atom stereocenters. The van der Waals surface area contributed by atoms with Gasteiger partial charge in [-0.25, -0.2) is 4.98 Å². The molecule has 1 rings (SSSR count). The number of nitriles is 2. The van der Waals surface area contributed by atoms with Gasteiger partial charge in [0.1, 0.15) is 12.1 Å². The third-order valence-electron chi connectivity index (χ3n) is 1.66. The minimum Gasteiger partial charge on any atom is -0.317 e. The van der Waals surface area contributed by atoms with Crippen LogP contribution in [0.5, 0.6) is 0 Å². The number of rotatable bonds is 2. The van der Waals surface area contributed by atoms with Crippen molar-refractivity contribution in [3.8, 4) is 12.1 Å². The Morgan fingerprint density at radius 2 is 2.36 bits per heavy atom. The molecule has 0 spiro atoms. The van der Waals surface area contributed by atoms with Crippen molar-refractivity contribution >= 4 is 11.6 Å². The summed E-state index contributed by atoms with van der Waals surface area (Å²) in [6, 6.07) is 3.78. The quantitative estimate of drug-likeness (QED) is 0.741. The Bertz CT molecular complexity index is 444. The number of hydrogen-bond donors (Lipinski definition) is 0. The molecule has 14 heavy (non-hydrogen) atoms. The summed E-state index contributed by atoms with van der Waals surface area (Å²) in [5, 5.41) is 17.4. The first-order valence-electron chi connectivity index (χ1n) is 3.84. The molecule has 1 aromatic rings. The predicted octanol–water partition coefficient (Wildman–Crippen LogP) is 1.77. The van der Waals surface area contributed by atoms with Crippen LogP contribution in [0.25, 0.3) is 0 Å². The van der Waals surface area contributed by atoms with E-state index < -0.39 is 0 Å². The van der Waals surface area contributed by atoms with E-state index in [4.69, 9.17) is 22.1 Å². The highest BCUT2D eigenvalue weighted by Gasteiger charge is 2.09. The minimum atomic E-state index is 0.148. The lowest BCUT2D eigenvalue weighted by atomic mass is 10.3. The average molecular weight is 207 g/mol. The zero-order chi connectivity index (χ0) is 10.6. The van der Waals surface area contributed by atoms with Crippen molar-refractivity contribution in [2.45, 2.75) is 13.5 Å². The van der Waals surface area contributed by atoms with Gasteiger partial charge in [0.05, 0.1) is 6.33 Å². The monoisotopic (exact) mass is 206 g/mol. The Morgan fingerprint density at radius 3 is 2.86 bits per heavy atom. The van der Waals surface area contributed by atoms with E-state index in [9.17, 15) is 0 Å². The fourth-order valence-electron chi connectivity index (χ4n) is 1.00. The summed E-state index contributed by atoms with van der Waals surface area (Å²) in [6.07, 6.45) is 1.46. The van der Waals surface area contributed by atoms with Crippen molar-refractivity contribution in [3.63, 3.8) is 0 Å². The molecule has 0 atom stereocenters. The van der Waals surface area contributed by atoms with E-state index in [0.29, 0.717) is 6.54 Å². The number of hydrogen-bond acceptors (Lipinski definition) is 3. The van der Waals surface area contributed by atoms with Crippen LogP contribution in [0.3, 0.4) is 0 Å². The van der Waals surface area contributed by atoms with E-state index in [1.165, 1.54) is 11.9 Å². The first-order chi connectivity index (χ1) is 6.72. The fourth-order valence-corrected chi connectivity index (χ4v) is 1.07. The van der Waals surface area contributed by atoms with Gasteiger partial charge in [-0.2, -0.15) is 10.5 Å². The van der Waals surface area contributed by atoms with Crippen LogP contribution in [0.15, 0.2) is 17.4 Å². The molecule has 0 bridgehead atoms. The molecule has 70 valence electrons. The zero-order valence-electron chi connectivity index (χ0n) is 7.53. The molecule has 0 aromatic carbocycles. The molecule has 0 aliphatic heterocycles. The summed E-state index contributed by atoms with van der Waals surface area (Å²) in [5.41, 5.74) is 2.75. The Balaban J connectivity index is 3.07. The van der Waals surface area contributed by atoms with Crippen LogP contribution in [-0.4, -0.2) is 9.55 Å². The van der Waals surface area contributed by atoms with Crippen molar-refractivity contribution in [3.05, 3.63) is 28.8 Å². The topological polar surface area (TPSA) is 65.4 Å². The number of halogens is 1. The molecule has 0 amide bonds. The number of allylic oxidation sites excluding steroid dienone is 1. The Hall–Kier alpha value is -1.78. The highest BCUT2D eigenvalue weighted by molar-refractivity contribution is 6.25. The number of imidazole rings is 1. The molecule has 0 fully saturated rings. The van der Waals surface area contributed by atoms with Crippen LogP contribution in [0.2, 0.25) is 0 Å². The minimum absolute atomic E-state index is 0.148. The Morgan fingerprint density at radius 1 is 1.64 bits per heavy atom. The molecule has 1 heterocycles. The van der Waals surface area contributed by atoms with Crippen molar-refractivity contribution in [1.82, 2.24) is 9.55 Å². The van der Waals surface area contributed by atoms with Gasteiger partial charge in [0, 0.05) is 12.1 Å². The van der Waals surface area contributed by atoms with Gasteiger partial charge in [0.25, 0.3) is 0 Å². The molecule has 0 N–H and O–H groups in total. The van der Waals surface area contributed by atoms with Crippen LogP contribution in [0.1, 0.15) is 18.3 Å². The van der Waals surface area contributed by atoms with Gasteiger partial charge >= 0.3 is 0 Å². The first kappa shape index (κ1) is 10.3. The van der Waals surface area contributed by atoms with E-state index in [1.807, 2.05) is 19.1 Å². The van der Waals surface area contributed by atoms with Crippen molar-refractivity contribution in [1.29, 1.82) is 10.5 Å². The maximum atomic E-state index is 8.79. The first-order valence-corrected chi connectivity index (χ1v) is 4.27. The molecular formula is C9H7ClN4. The molecule has 0 aliphatic rings. The summed E-state index contributed by atoms with van der Waals surface area (Å²) >= 11 is 5.49. The third kappa shape index (κ3) is 1.93. The second kappa shape index (κ2) is 4.45. The van der Waals surface area contributed by atoms with Crippen LogP contribution < -0.4 is 0 Å². The summed E-state index contributed by atoms with van der Waals surface area (Å²) in [7, 11) is 0. The van der Waals surface area contributed by atoms with Gasteiger partial charge in [-0.1, -0.05) is 11.6 Å². The van der Waals surface area contributed by atoms with Gasteiger partial charge in [-0.05, 0) is 12.5 Å². The molecule has 0 saturated carbocycles. The van der Waals surface area contributed by atoms with Crippen molar-refractivity contribution < 1.29 is 0 Å². The summed E-state index contributed by atoms with van der Waals surface area (Å²) in [5.74, 6) is 0. The lowest BCUT2D eigenvalue weighted by molar-refractivity contribution is 0.772. The molecule has 0 aliphatic carbocycles. The lowest BCUT2D eigenvalue weighted by Gasteiger charge is -2.01. The molecule has 0 saturated heterocycles. The van der Waals surface area contributed by atoms with Gasteiger partial charge in [0.15, 0.2) is 11.4 Å². The van der Waals surface area contributed by atoms with E-state index >= 15 is 0 Å². The maximum absolute atomic E-state index is 8.79. The fraction of sp³-hybridized carbons (Fsp3) is 0.222. The smallest absolute Gasteiger partial charge is 0.176 e. The molecule has 1 aromatic heterocycles. The predicted molar refractivity (Wildman–Crippen MR) is 51.3 cm³/mol. The van der Waals surface area contributed by atoms with Gasteiger partial charge < -0.3 is 4.57 Å². The average Bonchev–Trinajstić information content (AvgIpc) is 2.59. The highest BCUT2D eigenvalue weighted by Crippen LogP contribution is 2.08. The van der Waals surface area contributed by atoms with Crippen LogP contribution in [0, 0.1) is 22.7 Å². The SMILES string of the molecule is CC(=CCl)Cn1cnc(C#N)c1C#N. The van der Waals surface area contributed by atoms with Gasteiger partial charge in [-0.3, -0.25) is 0 Å². The van der Waals surface area contributed by atoms with Crippen molar-refractivity contribution in [2.75, 3.05) is 0 Å². The summed E-state index contributed by atoms with van der Waals surface area (Å²) in [4.78, 5) is 3.80. The molecular weight excluding hydrogens is 200 g/mol. The van der Waals surface area contributed by atoms with E-state index in [1.54, 1.807) is 4.57 Å². The van der Waals surface area contributed by atoms with Crippen LogP contribution >= 0.6 is 11.6 Å². The lowest BCUT2D eigenvalue weighted by Crippen LogP contribution is -2.00. The van der Waals surface area contributed by atoms with Crippen LogP contribution in [-0.2, 0) is 6.54 Å². The van der Waals surface area contributed by atoms with Gasteiger partial charge in [0.2, 0.25) is 0 Å².